The number of carboxylic acid groups (broad SMARTS) is 1. The third kappa shape index (κ3) is 2.09. The fourth-order valence-electron chi connectivity index (χ4n) is 3.11. The molecule has 0 aromatic heterocycles. The van der Waals surface area contributed by atoms with E-state index in [-0.39, 0.29) is 18.1 Å². The molecule has 92 valence electrons. The normalized spacial score (nSPS) is 32.7. The molecule has 0 bridgehead atoms. The van der Waals surface area contributed by atoms with Crippen molar-refractivity contribution < 1.29 is 14.6 Å². The number of nitrogens with zero attached hydrogens (tertiary/aromatic N) is 1. The average molecular weight is 227 g/mol. The summed E-state index contributed by atoms with van der Waals surface area (Å²) in [5.74, 6) is -0.542. The molecule has 1 aliphatic heterocycles. The highest BCUT2D eigenvalue weighted by Crippen LogP contribution is 2.32. The monoisotopic (exact) mass is 227 g/mol. The van der Waals surface area contributed by atoms with E-state index in [1.54, 1.807) is 0 Å². The molecule has 3 unspecified atom stereocenters. The van der Waals surface area contributed by atoms with Crippen molar-refractivity contribution in [2.45, 2.75) is 51.3 Å². The first kappa shape index (κ1) is 11.9. The van der Waals surface area contributed by atoms with Crippen LogP contribution in [0, 0.1) is 5.92 Å². The van der Waals surface area contributed by atoms with Gasteiger partial charge < -0.3 is 9.84 Å². The minimum absolute atomic E-state index is 0.150. The van der Waals surface area contributed by atoms with Crippen molar-refractivity contribution in [3.8, 4) is 0 Å². The summed E-state index contributed by atoms with van der Waals surface area (Å²) in [4.78, 5) is 13.5. The Morgan fingerprint density at radius 2 is 2.19 bits per heavy atom. The molecule has 2 aliphatic rings. The Labute approximate surface area is 96.6 Å². The lowest BCUT2D eigenvalue weighted by atomic mass is 9.98. The van der Waals surface area contributed by atoms with Crippen molar-refractivity contribution in [2.75, 3.05) is 13.2 Å². The molecule has 0 radical (unpaired) electrons. The molecular weight excluding hydrogens is 206 g/mol. The Morgan fingerprint density at radius 1 is 1.44 bits per heavy atom. The van der Waals surface area contributed by atoms with Gasteiger partial charge in [0.15, 0.2) is 0 Å². The zero-order valence-electron chi connectivity index (χ0n) is 10.1. The summed E-state index contributed by atoms with van der Waals surface area (Å²) in [6.07, 6.45) is 3.61. The summed E-state index contributed by atoms with van der Waals surface area (Å²) in [7, 11) is 0. The quantitative estimate of drug-likeness (QED) is 0.790. The third-order valence-electron chi connectivity index (χ3n) is 3.77. The Morgan fingerprint density at radius 3 is 2.81 bits per heavy atom. The van der Waals surface area contributed by atoms with Gasteiger partial charge in [-0.15, -0.1) is 0 Å². The topological polar surface area (TPSA) is 49.8 Å². The van der Waals surface area contributed by atoms with Crippen LogP contribution in [0.2, 0.25) is 0 Å². The summed E-state index contributed by atoms with van der Waals surface area (Å²) in [6.45, 7) is 5.41. The predicted molar refractivity (Wildman–Crippen MR) is 60.3 cm³/mol. The van der Waals surface area contributed by atoms with Crippen molar-refractivity contribution in [1.29, 1.82) is 0 Å². The van der Waals surface area contributed by atoms with Gasteiger partial charge in [0.2, 0.25) is 0 Å². The highest BCUT2D eigenvalue weighted by molar-refractivity contribution is 5.73. The van der Waals surface area contributed by atoms with E-state index in [9.17, 15) is 9.90 Å². The molecule has 1 saturated heterocycles. The highest BCUT2D eigenvalue weighted by Gasteiger charge is 2.42. The molecule has 0 spiro atoms. The fourth-order valence-corrected chi connectivity index (χ4v) is 3.11. The van der Waals surface area contributed by atoms with Crippen molar-refractivity contribution in [3.05, 3.63) is 0 Å². The first-order chi connectivity index (χ1) is 7.61. The molecule has 1 saturated carbocycles. The van der Waals surface area contributed by atoms with Crippen LogP contribution < -0.4 is 0 Å². The molecule has 0 aromatic carbocycles. The maximum atomic E-state index is 11.3. The summed E-state index contributed by atoms with van der Waals surface area (Å²) in [6, 6.07) is -0.0215. The van der Waals surface area contributed by atoms with E-state index < -0.39 is 5.97 Å². The Bertz CT molecular complexity index is 267. The van der Waals surface area contributed by atoms with Gasteiger partial charge in [-0.2, -0.15) is 0 Å². The van der Waals surface area contributed by atoms with Crippen molar-refractivity contribution >= 4 is 5.97 Å². The molecular formula is C12H21NO3. The van der Waals surface area contributed by atoms with Crippen LogP contribution in [0.3, 0.4) is 0 Å². The van der Waals surface area contributed by atoms with E-state index in [1.807, 2.05) is 13.8 Å². The number of fused-ring (bicyclic) bond motifs is 1. The second-order valence-corrected chi connectivity index (χ2v) is 5.17. The van der Waals surface area contributed by atoms with Crippen LogP contribution >= 0.6 is 0 Å². The molecule has 1 N–H and O–H groups in total. The van der Waals surface area contributed by atoms with Gasteiger partial charge in [-0.25, -0.2) is 0 Å². The van der Waals surface area contributed by atoms with Gasteiger partial charge in [0.05, 0.1) is 12.7 Å². The number of hydrogen-bond donors (Lipinski definition) is 1. The standard InChI is InChI=1S/C12H21NO3/c1-8(2)11(12(14)15)13-6-7-16-10-5-3-4-9(10)13/h8-11H,3-7H2,1-2H3,(H,14,15). The van der Waals surface area contributed by atoms with E-state index in [0.717, 1.165) is 25.8 Å². The van der Waals surface area contributed by atoms with Crippen molar-refractivity contribution in [1.82, 2.24) is 4.90 Å². The fraction of sp³-hybridized carbons (Fsp3) is 0.917. The number of morpholine rings is 1. The zero-order valence-corrected chi connectivity index (χ0v) is 10.1. The van der Waals surface area contributed by atoms with E-state index in [4.69, 9.17) is 4.74 Å². The van der Waals surface area contributed by atoms with Gasteiger partial charge in [-0.3, -0.25) is 9.69 Å². The van der Waals surface area contributed by atoms with Crippen LogP contribution in [0.25, 0.3) is 0 Å². The highest BCUT2D eigenvalue weighted by atomic mass is 16.5. The minimum atomic E-state index is -0.692. The number of hydrogen-bond acceptors (Lipinski definition) is 3. The summed E-state index contributed by atoms with van der Waals surface area (Å²) < 4.78 is 5.71. The van der Waals surface area contributed by atoms with Gasteiger partial charge in [-0.1, -0.05) is 13.8 Å². The zero-order chi connectivity index (χ0) is 11.7. The molecule has 0 aromatic rings. The summed E-state index contributed by atoms with van der Waals surface area (Å²) in [5, 5.41) is 9.33. The maximum Gasteiger partial charge on any atom is 0.321 e. The summed E-state index contributed by atoms with van der Waals surface area (Å²) in [5.41, 5.74) is 0. The number of aliphatic carboxylic acids is 1. The number of carbonyl (C=O) groups is 1. The molecule has 4 heteroatoms. The van der Waals surface area contributed by atoms with E-state index in [0.29, 0.717) is 12.6 Å². The first-order valence-electron chi connectivity index (χ1n) is 6.21. The average Bonchev–Trinajstić information content (AvgIpc) is 2.65. The van der Waals surface area contributed by atoms with Crippen molar-refractivity contribution in [2.24, 2.45) is 5.92 Å². The minimum Gasteiger partial charge on any atom is -0.480 e. The van der Waals surface area contributed by atoms with Gasteiger partial charge >= 0.3 is 5.97 Å². The Hall–Kier alpha value is -0.610. The second kappa shape index (κ2) is 4.72. The first-order valence-corrected chi connectivity index (χ1v) is 6.21. The second-order valence-electron chi connectivity index (χ2n) is 5.17. The molecule has 16 heavy (non-hydrogen) atoms. The largest absolute Gasteiger partial charge is 0.480 e. The van der Waals surface area contributed by atoms with E-state index >= 15 is 0 Å². The van der Waals surface area contributed by atoms with Crippen LogP contribution in [-0.4, -0.2) is 47.3 Å². The lowest BCUT2D eigenvalue weighted by Crippen LogP contribution is -2.57. The molecule has 2 fully saturated rings. The van der Waals surface area contributed by atoms with Crippen LogP contribution in [-0.2, 0) is 9.53 Å². The molecule has 1 aliphatic carbocycles. The van der Waals surface area contributed by atoms with Crippen molar-refractivity contribution in [3.63, 3.8) is 0 Å². The molecule has 4 nitrogen and oxygen atoms in total. The van der Waals surface area contributed by atoms with Crippen LogP contribution in [0.1, 0.15) is 33.1 Å². The summed E-state index contributed by atoms with van der Waals surface area (Å²) >= 11 is 0. The van der Waals surface area contributed by atoms with Gasteiger partial charge in [0, 0.05) is 12.6 Å². The maximum absolute atomic E-state index is 11.3. The molecule has 3 atom stereocenters. The predicted octanol–water partition coefficient (Wildman–Crippen LogP) is 1.35. The lowest BCUT2D eigenvalue weighted by Gasteiger charge is -2.42. The molecule has 0 amide bonds. The molecule has 1 heterocycles. The Balaban J connectivity index is 2.13. The Kier molecular flexibility index (Phi) is 3.50. The van der Waals surface area contributed by atoms with Gasteiger partial charge in [-0.05, 0) is 25.2 Å². The van der Waals surface area contributed by atoms with Crippen LogP contribution in [0.5, 0.6) is 0 Å². The SMILES string of the molecule is CC(C)C(C(=O)O)N1CCOC2CCCC21. The number of rotatable bonds is 3. The lowest BCUT2D eigenvalue weighted by molar-refractivity contribution is -0.152. The van der Waals surface area contributed by atoms with Gasteiger partial charge in [0.1, 0.15) is 6.04 Å². The van der Waals surface area contributed by atoms with Crippen LogP contribution in [0.4, 0.5) is 0 Å². The smallest absolute Gasteiger partial charge is 0.321 e. The van der Waals surface area contributed by atoms with E-state index in [1.165, 1.54) is 0 Å². The van der Waals surface area contributed by atoms with E-state index in [2.05, 4.69) is 4.90 Å². The number of carboxylic acids is 1. The number of ether oxygens (including phenoxy) is 1. The van der Waals surface area contributed by atoms with Crippen LogP contribution in [0.15, 0.2) is 0 Å². The molecule has 2 rings (SSSR count). The third-order valence-corrected chi connectivity index (χ3v) is 3.77. The van der Waals surface area contributed by atoms with Gasteiger partial charge in [0.25, 0.3) is 0 Å².